The predicted molar refractivity (Wildman–Crippen MR) is 65.7 cm³/mol. The van der Waals surface area contributed by atoms with Gasteiger partial charge in [-0.05, 0) is 30.8 Å². The Balaban J connectivity index is 3.43. The molecule has 0 aliphatic heterocycles. The Morgan fingerprint density at radius 2 is 2.05 bits per heavy atom. The lowest BCUT2D eigenvalue weighted by atomic mass is 10.1. The zero-order valence-corrected chi connectivity index (χ0v) is 11.7. The Morgan fingerprint density at radius 1 is 1.41 bits per heavy atom. The number of benzene rings is 1. The van der Waals surface area contributed by atoms with Gasteiger partial charge in [0.25, 0.3) is 0 Å². The minimum Gasteiger partial charge on any atom is -0.462 e. The molecule has 0 saturated carbocycles. The molecule has 0 aliphatic rings. The number of thioether (sulfide) groups is 1. The third-order valence-corrected chi connectivity index (χ3v) is 2.93. The van der Waals surface area contributed by atoms with Crippen LogP contribution in [-0.4, -0.2) is 24.7 Å². The van der Waals surface area contributed by atoms with Crippen LogP contribution >= 0.6 is 11.8 Å². The molecule has 4 nitrogen and oxygen atoms in total. The van der Waals surface area contributed by atoms with Gasteiger partial charge in [-0.1, -0.05) is 0 Å². The lowest BCUT2D eigenvalue weighted by Crippen LogP contribution is -2.12. The molecule has 10 heteroatoms. The van der Waals surface area contributed by atoms with Crippen molar-refractivity contribution in [3.8, 4) is 11.8 Å². The zero-order valence-electron chi connectivity index (χ0n) is 10.9. The number of ether oxygens (including phenoxy) is 2. The average Bonchev–Trinajstić information content (AvgIpc) is 2.38. The maximum atomic E-state index is 12.4. The van der Waals surface area contributed by atoms with Crippen LogP contribution in [0.1, 0.15) is 22.8 Å². The number of nitriles is 1. The van der Waals surface area contributed by atoms with E-state index in [1.54, 1.807) is 0 Å². The molecule has 22 heavy (non-hydrogen) atoms. The second kappa shape index (κ2) is 7.31. The number of nitrogens with zero attached hydrogens (tertiary/aromatic N) is 1. The van der Waals surface area contributed by atoms with Gasteiger partial charge in [-0.25, -0.2) is 4.79 Å². The molecule has 1 aromatic rings. The smallest absolute Gasteiger partial charge is 0.446 e. The highest BCUT2D eigenvalue weighted by atomic mass is 32.2. The van der Waals surface area contributed by atoms with Gasteiger partial charge in [0.1, 0.15) is 11.6 Å². The Kier molecular flexibility index (Phi) is 5.99. The van der Waals surface area contributed by atoms with Crippen LogP contribution in [0.25, 0.3) is 0 Å². The van der Waals surface area contributed by atoms with Gasteiger partial charge < -0.3 is 9.47 Å². The quantitative estimate of drug-likeness (QED) is 0.461. The van der Waals surface area contributed by atoms with Gasteiger partial charge in [0, 0.05) is 0 Å². The van der Waals surface area contributed by atoms with Gasteiger partial charge in [-0.2, -0.15) is 27.2 Å². The molecule has 0 fully saturated rings. The second-order valence-corrected chi connectivity index (χ2v) is 4.68. The maximum absolute atomic E-state index is 12.4. The van der Waals surface area contributed by atoms with Gasteiger partial charge in [0.15, 0.2) is 5.75 Å². The van der Waals surface area contributed by atoms with Gasteiger partial charge in [-0.15, -0.1) is 0 Å². The third-order valence-electron chi connectivity index (χ3n) is 2.16. The Bertz CT molecular complexity index is 598. The molecule has 0 amide bonds. The van der Waals surface area contributed by atoms with Crippen molar-refractivity contribution in [3.05, 3.63) is 23.3 Å². The van der Waals surface area contributed by atoms with E-state index in [-0.39, 0.29) is 6.61 Å². The van der Waals surface area contributed by atoms with Crippen molar-refractivity contribution in [1.82, 2.24) is 0 Å². The molecule has 0 spiro atoms. The summed E-state index contributed by atoms with van der Waals surface area (Å²) in [7, 11) is 0. The van der Waals surface area contributed by atoms with Gasteiger partial charge in [0.05, 0.1) is 17.1 Å². The molecule has 0 bridgehead atoms. The van der Waals surface area contributed by atoms with Crippen molar-refractivity contribution in [2.45, 2.75) is 23.9 Å². The van der Waals surface area contributed by atoms with Crippen molar-refractivity contribution < 1.29 is 36.2 Å². The highest BCUT2D eigenvalue weighted by Crippen LogP contribution is 2.44. The van der Waals surface area contributed by atoms with E-state index in [9.17, 15) is 26.7 Å². The highest BCUT2D eigenvalue weighted by Gasteiger charge is 2.33. The van der Waals surface area contributed by atoms with E-state index in [1.165, 1.54) is 13.0 Å². The van der Waals surface area contributed by atoms with E-state index < -0.39 is 51.6 Å². The van der Waals surface area contributed by atoms with E-state index in [4.69, 9.17) is 5.26 Å². The monoisotopic (exact) mass is 341 g/mol. The molecule has 0 heterocycles. The minimum absolute atomic E-state index is 0.0617. The third kappa shape index (κ3) is 4.77. The second-order valence-electron chi connectivity index (χ2n) is 3.57. The van der Waals surface area contributed by atoms with Crippen molar-refractivity contribution in [1.29, 1.82) is 5.26 Å². The van der Waals surface area contributed by atoms with E-state index in [2.05, 4.69) is 9.47 Å². The maximum Gasteiger partial charge on any atom is 0.446 e. The summed E-state index contributed by atoms with van der Waals surface area (Å²) in [6.07, 6.45) is 0. The first-order valence-corrected chi connectivity index (χ1v) is 6.46. The van der Waals surface area contributed by atoms with E-state index in [0.29, 0.717) is 0 Å². The Labute approximate surface area is 125 Å². The minimum atomic E-state index is -4.78. The molecule has 0 saturated heterocycles. The average molecular weight is 341 g/mol. The zero-order chi connectivity index (χ0) is 16.9. The first-order chi connectivity index (χ1) is 10.2. The predicted octanol–water partition coefficient (Wildman–Crippen LogP) is 3.95. The van der Waals surface area contributed by atoms with Crippen LogP contribution in [0.2, 0.25) is 0 Å². The molecule has 0 radical (unpaired) electrons. The van der Waals surface area contributed by atoms with E-state index in [1.807, 2.05) is 0 Å². The Hall–Kier alpha value is -2.02. The number of hydrogen-bond donors (Lipinski definition) is 0. The number of carbonyl (C=O) groups is 1. The van der Waals surface area contributed by atoms with E-state index >= 15 is 0 Å². The summed E-state index contributed by atoms with van der Waals surface area (Å²) in [6.45, 7) is -2.06. The highest BCUT2D eigenvalue weighted by molar-refractivity contribution is 8.00. The van der Waals surface area contributed by atoms with Crippen molar-refractivity contribution >= 4 is 17.7 Å². The van der Waals surface area contributed by atoms with Crippen molar-refractivity contribution in [3.63, 3.8) is 0 Å². The number of carbonyl (C=O) groups excluding carboxylic acids is 1. The standard InChI is InChI=1S/C12H8F5NO3S/c1-2-20-10(19)6-3-4-8(22-12(15,16)17)9(7(6)5-18)21-11(13)14/h3-4,11H,2H2,1H3. The molecule has 0 aliphatic carbocycles. The fourth-order valence-corrected chi connectivity index (χ4v) is 2.09. The van der Waals surface area contributed by atoms with Crippen LogP contribution < -0.4 is 4.74 Å². The fraction of sp³-hybridized carbons (Fsp3) is 0.333. The molecular formula is C12H8F5NO3S. The summed E-state index contributed by atoms with van der Waals surface area (Å²) in [5.74, 6) is -2.04. The van der Waals surface area contributed by atoms with Crippen LogP contribution in [0, 0.1) is 11.3 Å². The SMILES string of the molecule is CCOC(=O)c1ccc(SC(F)(F)F)c(OC(F)F)c1C#N. The number of halogens is 5. The molecule has 0 unspecified atom stereocenters. The van der Waals surface area contributed by atoms with Gasteiger partial charge in [-0.3, -0.25) is 0 Å². The van der Waals surface area contributed by atoms with Crippen LogP contribution in [0.15, 0.2) is 17.0 Å². The topological polar surface area (TPSA) is 59.3 Å². The molecule has 1 rings (SSSR count). The van der Waals surface area contributed by atoms with Crippen LogP contribution in [-0.2, 0) is 4.74 Å². The van der Waals surface area contributed by atoms with Crippen LogP contribution in [0.3, 0.4) is 0 Å². The molecule has 1 aromatic carbocycles. The lowest BCUT2D eigenvalue weighted by Gasteiger charge is -2.15. The molecule has 120 valence electrons. The van der Waals surface area contributed by atoms with Crippen molar-refractivity contribution in [2.24, 2.45) is 0 Å². The normalized spacial score (nSPS) is 11.2. The molecule has 0 atom stereocenters. The Morgan fingerprint density at radius 3 is 2.50 bits per heavy atom. The van der Waals surface area contributed by atoms with Crippen LogP contribution in [0.4, 0.5) is 22.0 Å². The molecular weight excluding hydrogens is 333 g/mol. The number of hydrogen-bond acceptors (Lipinski definition) is 5. The van der Waals surface area contributed by atoms with Crippen molar-refractivity contribution in [2.75, 3.05) is 6.61 Å². The molecule has 0 aromatic heterocycles. The number of rotatable bonds is 5. The summed E-state index contributed by atoms with van der Waals surface area (Å²) in [4.78, 5) is 10.9. The summed E-state index contributed by atoms with van der Waals surface area (Å²) < 4.78 is 70.7. The summed E-state index contributed by atoms with van der Waals surface area (Å²) in [5, 5.41) is 8.98. The summed E-state index contributed by atoms with van der Waals surface area (Å²) in [6, 6.07) is 3.05. The first-order valence-electron chi connectivity index (χ1n) is 5.64. The first kappa shape index (κ1) is 18.0. The largest absolute Gasteiger partial charge is 0.462 e. The number of alkyl halides is 5. The summed E-state index contributed by atoms with van der Waals surface area (Å²) >= 11 is -0.729. The van der Waals surface area contributed by atoms with E-state index in [0.717, 1.165) is 12.1 Å². The molecule has 0 N–H and O–H groups in total. The summed E-state index contributed by atoms with van der Waals surface area (Å²) in [5.41, 5.74) is -5.97. The van der Waals surface area contributed by atoms with Gasteiger partial charge in [0.2, 0.25) is 0 Å². The van der Waals surface area contributed by atoms with Crippen LogP contribution in [0.5, 0.6) is 5.75 Å². The number of esters is 1. The lowest BCUT2D eigenvalue weighted by molar-refractivity contribution is -0.0530. The fourth-order valence-electron chi connectivity index (χ4n) is 1.46. The van der Waals surface area contributed by atoms with Gasteiger partial charge >= 0.3 is 18.1 Å².